The number of methoxy groups -OCH3 is 1. The average Bonchev–Trinajstić information content (AvgIpc) is 3.19. The van der Waals surface area contributed by atoms with E-state index in [0.29, 0.717) is 0 Å². The maximum atomic E-state index is 6.44. The van der Waals surface area contributed by atoms with Crippen molar-refractivity contribution in [2.45, 2.75) is 12.3 Å². The first kappa shape index (κ1) is 17.2. The van der Waals surface area contributed by atoms with Gasteiger partial charge in [-0.3, -0.25) is 0 Å². The molecule has 1 N–H and O–H groups in total. The molecule has 0 unspecified atom stereocenters. The number of fused-ring (bicyclic) bond motifs is 3. The van der Waals surface area contributed by atoms with E-state index < -0.39 is 0 Å². The Labute approximate surface area is 168 Å². The molecular formula is C23H19ClN2O2. The zero-order valence-corrected chi connectivity index (χ0v) is 16.1. The second kappa shape index (κ2) is 6.89. The van der Waals surface area contributed by atoms with E-state index in [2.05, 4.69) is 34.7 Å². The molecule has 3 aromatic carbocycles. The molecule has 0 saturated carbocycles. The molecule has 0 spiro atoms. The van der Waals surface area contributed by atoms with Crippen LogP contribution < -0.4 is 14.9 Å². The van der Waals surface area contributed by atoms with Crippen LogP contribution in [0.4, 0.5) is 0 Å². The van der Waals surface area contributed by atoms with Crippen molar-refractivity contribution in [2.24, 2.45) is 0 Å². The summed E-state index contributed by atoms with van der Waals surface area (Å²) in [5.41, 5.74) is 7.79. The second-order valence-electron chi connectivity index (χ2n) is 6.81. The molecule has 0 saturated heterocycles. The summed E-state index contributed by atoms with van der Waals surface area (Å²) in [4.78, 5) is 0. The van der Waals surface area contributed by atoms with Crippen molar-refractivity contribution in [1.29, 1.82) is 0 Å². The third-order valence-corrected chi connectivity index (χ3v) is 5.40. The number of hydrogen-bond donors (Lipinski definition) is 1. The van der Waals surface area contributed by atoms with Gasteiger partial charge in [-0.05, 0) is 29.8 Å². The zero-order chi connectivity index (χ0) is 19.1. The Morgan fingerprint density at radius 2 is 1.75 bits per heavy atom. The summed E-state index contributed by atoms with van der Waals surface area (Å²) >= 11 is 6.06. The number of nitrogens with one attached hydrogen (secondary N) is 1. The van der Waals surface area contributed by atoms with Gasteiger partial charge in [-0.1, -0.05) is 66.2 Å². The van der Waals surface area contributed by atoms with Gasteiger partial charge >= 0.3 is 0 Å². The van der Waals surface area contributed by atoms with Crippen LogP contribution in [0.5, 0.6) is 11.5 Å². The quantitative estimate of drug-likeness (QED) is 0.654. The number of halogens is 1. The van der Waals surface area contributed by atoms with E-state index in [9.17, 15) is 0 Å². The summed E-state index contributed by atoms with van der Waals surface area (Å²) in [6, 6.07) is 24.1. The lowest BCUT2D eigenvalue weighted by molar-refractivity contribution is -0.0342. The normalized spacial score (nSPS) is 20.4. The monoisotopic (exact) mass is 390 g/mol. The second-order valence-corrected chi connectivity index (χ2v) is 7.25. The first-order chi connectivity index (χ1) is 13.7. The van der Waals surface area contributed by atoms with E-state index >= 15 is 0 Å². The summed E-state index contributed by atoms with van der Waals surface area (Å²) in [7, 11) is 1.67. The lowest BCUT2D eigenvalue weighted by atomic mass is 10.00. The average molecular weight is 391 g/mol. The molecule has 0 radical (unpaired) electrons. The molecule has 0 aliphatic carbocycles. The largest absolute Gasteiger partial charge is 0.493 e. The van der Waals surface area contributed by atoms with Crippen molar-refractivity contribution in [3.8, 4) is 11.5 Å². The Morgan fingerprint density at radius 3 is 2.50 bits per heavy atom. The fraction of sp³-hybridized carbons (Fsp3) is 0.130. The smallest absolute Gasteiger partial charge is 0.196 e. The van der Waals surface area contributed by atoms with E-state index in [1.807, 2.05) is 54.6 Å². The van der Waals surface area contributed by atoms with E-state index in [4.69, 9.17) is 21.1 Å². The Morgan fingerprint density at radius 1 is 0.964 bits per heavy atom. The van der Waals surface area contributed by atoms with Gasteiger partial charge in [0.05, 0.1) is 18.8 Å². The molecule has 2 aliphatic rings. The van der Waals surface area contributed by atoms with E-state index in [-0.39, 0.29) is 12.3 Å². The van der Waals surface area contributed by atoms with Crippen LogP contribution in [0.15, 0.2) is 78.9 Å². The van der Waals surface area contributed by atoms with Crippen LogP contribution in [0.3, 0.4) is 0 Å². The van der Waals surface area contributed by atoms with Gasteiger partial charge in [0.25, 0.3) is 0 Å². The molecule has 140 valence electrons. The summed E-state index contributed by atoms with van der Waals surface area (Å²) < 4.78 is 12.0. The molecule has 28 heavy (non-hydrogen) atoms. The SMILES string of the molecule is COc1cccc2c1O[C@H](c1ccccc1)N1NC(c3ccc(Cl)cc3)=C[C@@H]21. The molecule has 4 nitrogen and oxygen atoms in total. The minimum absolute atomic E-state index is 0.0229. The standard InChI is InChI=1S/C23H19ClN2O2/c1-27-21-9-5-8-18-20-14-19(15-10-12-17(24)13-11-15)25-26(20)23(28-22(18)21)16-6-3-2-4-7-16/h2-14,20,23,25H,1H3/t20-,23+/m0/s1. The van der Waals surface area contributed by atoms with Crippen LogP contribution in [0.1, 0.15) is 29.0 Å². The molecule has 5 heteroatoms. The lowest BCUT2D eigenvalue weighted by Gasteiger charge is -2.39. The summed E-state index contributed by atoms with van der Waals surface area (Å²) in [6.45, 7) is 0. The number of nitrogens with zero attached hydrogens (tertiary/aromatic N) is 1. The Balaban J connectivity index is 1.61. The predicted molar refractivity (Wildman–Crippen MR) is 110 cm³/mol. The highest BCUT2D eigenvalue weighted by Crippen LogP contribution is 2.49. The first-order valence-corrected chi connectivity index (χ1v) is 9.53. The van der Waals surface area contributed by atoms with Crippen molar-refractivity contribution in [1.82, 2.24) is 10.4 Å². The Hall–Kier alpha value is -2.95. The Kier molecular flexibility index (Phi) is 4.23. The van der Waals surface area contributed by atoms with Crippen LogP contribution in [0.2, 0.25) is 5.02 Å². The van der Waals surface area contributed by atoms with Gasteiger partial charge in [0, 0.05) is 16.1 Å². The summed E-state index contributed by atoms with van der Waals surface area (Å²) in [5.74, 6) is 1.53. The van der Waals surface area contributed by atoms with Crippen LogP contribution in [-0.4, -0.2) is 12.1 Å². The van der Waals surface area contributed by atoms with Gasteiger partial charge in [-0.25, -0.2) is 0 Å². The molecule has 0 amide bonds. The van der Waals surface area contributed by atoms with Gasteiger partial charge in [0.15, 0.2) is 17.7 Å². The Bertz CT molecular complexity index is 1030. The molecule has 0 fully saturated rings. The van der Waals surface area contributed by atoms with Crippen LogP contribution in [0, 0.1) is 0 Å². The summed E-state index contributed by atoms with van der Waals surface area (Å²) in [6.07, 6.45) is 1.94. The van der Waals surface area contributed by atoms with Crippen LogP contribution in [-0.2, 0) is 0 Å². The molecule has 2 aliphatic heterocycles. The third-order valence-electron chi connectivity index (χ3n) is 5.14. The zero-order valence-electron chi connectivity index (χ0n) is 15.3. The van der Waals surface area contributed by atoms with Crippen molar-refractivity contribution in [3.05, 3.63) is 101 Å². The number of para-hydroxylation sites is 1. The number of benzene rings is 3. The van der Waals surface area contributed by atoms with Crippen molar-refractivity contribution in [3.63, 3.8) is 0 Å². The van der Waals surface area contributed by atoms with Gasteiger partial charge in [-0.2, -0.15) is 5.01 Å². The molecule has 5 rings (SSSR count). The minimum atomic E-state index is -0.281. The highest BCUT2D eigenvalue weighted by molar-refractivity contribution is 6.30. The fourth-order valence-electron chi connectivity index (χ4n) is 3.79. The molecule has 2 heterocycles. The van der Waals surface area contributed by atoms with E-state index in [1.165, 1.54) is 0 Å². The van der Waals surface area contributed by atoms with Crippen molar-refractivity contribution >= 4 is 17.3 Å². The van der Waals surface area contributed by atoms with E-state index in [1.54, 1.807) is 7.11 Å². The van der Waals surface area contributed by atoms with Gasteiger partial charge < -0.3 is 14.9 Å². The van der Waals surface area contributed by atoms with Gasteiger partial charge in [-0.15, -0.1) is 0 Å². The van der Waals surface area contributed by atoms with Crippen LogP contribution >= 0.6 is 11.6 Å². The van der Waals surface area contributed by atoms with Crippen molar-refractivity contribution in [2.75, 3.05) is 7.11 Å². The maximum absolute atomic E-state index is 6.44. The molecule has 0 aromatic heterocycles. The van der Waals surface area contributed by atoms with Gasteiger partial charge in [0.2, 0.25) is 0 Å². The highest BCUT2D eigenvalue weighted by atomic mass is 35.5. The predicted octanol–water partition coefficient (Wildman–Crippen LogP) is 5.34. The van der Waals surface area contributed by atoms with Crippen LogP contribution in [0.25, 0.3) is 5.70 Å². The minimum Gasteiger partial charge on any atom is -0.493 e. The molecular weight excluding hydrogens is 372 g/mol. The highest BCUT2D eigenvalue weighted by Gasteiger charge is 2.41. The number of rotatable bonds is 3. The van der Waals surface area contributed by atoms with Crippen molar-refractivity contribution < 1.29 is 9.47 Å². The molecule has 0 bridgehead atoms. The first-order valence-electron chi connectivity index (χ1n) is 9.16. The third kappa shape index (κ3) is 2.82. The summed E-state index contributed by atoms with van der Waals surface area (Å²) in [5, 5.41) is 2.86. The fourth-order valence-corrected chi connectivity index (χ4v) is 3.91. The maximum Gasteiger partial charge on any atom is 0.196 e. The number of hydrazine groups is 1. The van der Waals surface area contributed by atoms with E-state index in [0.717, 1.165) is 38.9 Å². The molecule has 3 aromatic rings. The van der Waals surface area contributed by atoms with Gasteiger partial charge in [0.1, 0.15) is 0 Å². The topological polar surface area (TPSA) is 33.7 Å². The number of hydrogen-bond acceptors (Lipinski definition) is 4. The lowest BCUT2D eigenvalue weighted by Crippen LogP contribution is -2.43. The number of ether oxygens (including phenoxy) is 2. The molecule has 2 atom stereocenters.